The van der Waals surface area contributed by atoms with Gasteiger partial charge < -0.3 is 5.32 Å². The van der Waals surface area contributed by atoms with E-state index in [0.717, 1.165) is 24.3 Å². The molecule has 1 heterocycles. The van der Waals surface area contributed by atoms with Crippen LogP contribution in [0.5, 0.6) is 0 Å². The maximum absolute atomic E-state index is 14.3. The first-order chi connectivity index (χ1) is 9.67. The normalized spacial score (nSPS) is 24.6. The van der Waals surface area contributed by atoms with Gasteiger partial charge >= 0.3 is 0 Å². The summed E-state index contributed by atoms with van der Waals surface area (Å²) in [5.41, 5.74) is 0.745. The smallest absolute Gasteiger partial charge is 0.129 e. The topological polar surface area (TPSA) is 12.0 Å². The largest absolute Gasteiger partial charge is 0.309 e. The van der Waals surface area contributed by atoms with Crippen LogP contribution in [0.25, 0.3) is 0 Å². The number of hydrogen-bond donors (Lipinski definition) is 1. The maximum atomic E-state index is 14.3. The predicted octanol–water partition coefficient (Wildman–Crippen LogP) is 4.76. The first-order valence-electron chi connectivity index (χ1n) is 7.08. The van der Waals surface area contributed by atoms with Crippen molar-refractivity contribution < 1.29 is 4.39 Å². The van der Waals surface area contributed by atoms with Crippen LogP contribution in [0, 0.1) is 5.82 Å². The molecule has 0 saturated carbocycles. The highest BCUT2D eigenvalue weighted by molar-refractivity contribution is 8.07. The summed E-state index contributed by atoms with van der Waals surface area (Å²) in [4.78, 5) is 0. The van der Waals surface area contributed by atoms with Crippen LogP contribution < -0.4 is 5.32 Å². The lowest BCUT2D eigenvalue weighted by molar-refractivity contribution is 0.485. The van der Waals surface area contributed by atoms with Gasteiger partial charge in [0, 0.05) is 38.6 Å². The highest BCUT2D eigenvalue weighted by Crippen LogP contribution is 2.41. The molecule has 2 rings (SSSR count). The van der Waals surface area contributed by atoms with E-state index in [2.05, 4.69) is 19.2 Å². The van der Waals surface area contributed by atoms with Crippen LogP contribution in [0.1, 0.15) is 31.9 Å². The van der Waals surface area contributed by atoms with E-state index in [-0.39, 0.29) is 11.9 Å². The molecule has 0 aromatic heterocycles. The third-order valence-corrected chi connectivity index (χ3v) is 7.13. The van der Waals surface area contributed by atoms with Crippen LogP contribution >= 0.6 is 35.1 Å². The van der Waals surface area contributed by atoms with Gasteiger partial charge in [-0.15, -0.1) is 0 Å². The van der Waals surface area contributed by atoms with Gasteiger partial charge in [-0.3, -0.25) is 0 Å². The molecule has 0 amide bonds. The summed E-state index contributed by atoms with van der Waals surface area (Å²) < 4.78 is 14.3. The van der Waals surface area contributed by atoms with Gasteiger partial charge in [0.1, 0.15) is 5.82 Å². The zero-order valence-corrected chi connectivity index (χ0v) is 14.3. The second-order valence-corrected chi connectivity index (χ2v) is 7.92. The molecule has 1 aliphatic rings. The minimum Gasteiger partial charge on any atom is -0.309 e. The molecule has 1 aliphatic heterocycles. The summed E-state index contributed by atoms with van der Waals surface area (Å²) >= 11 is 9.86. The summed E-state index contributed by atoms with van der Waals surface area (Å²) in [6, 6.07) is 5.09. The van der Waals surface area contributed by atoms with Gasteiger partial charge in [0.05, 0.1) is 0 Å². The van der Waals surface area contributed by atoms with Gasteiger partial charge in [-0.2, -0.15) is 23.5 Å². The summed E-state index contributed by atoms with van der Waals surface area (Å²) in [6.07, 6.45) is 1.12. The summed E-state index contributed by atoms with van der Waals surface area (Å²) in [5.74, 6) is 2.14. The molecule has 112 valence electrons. The summed E-state index contributed by atoms with van der Waals surface area (Å²) in [5, 5.41) is 4.92. The molecule has 1 fully saturated rings. The van der Waals surface area contributed by atoms with Crippen molar-refractivity contribution >= 4 is 35.1 Å². The van der Waals surface area contributed by atoms with Gasteiger partial charge in [0.15, 0.2) is 0 Å². The second kappa shape index (κ2) is 7.92. The Kier molecular flexibility index (Phi) is 6.53. The molecular weight excluding hydrogens is 313 g/mol. The van der Waals surface area contributed by atoms with Gasteiger partial charge in [0.25, 0.3) is 0 Å². The van der Waals surface area contributed by atoms with Gasteiger partial charge in [0.2, 0.25) is 0 Å². The first-order valence-corrected chi connectivity index (χ1v) is 9.56. The zero-order chi connectivity index (χ0) is 14.5. The minimum atomic E-state index is -0.200. The van der Waals surface area contributed by atoms with Crippen LogP contribution in [0.3, 0.4) is 0 Å². The molecular formula is C15H21ClFNS2. The Hall–Kier alpha value is 0.1000. The standard InChI is InChI=1S/C15H21ClFNS2/c1-3-13-15(20-8-7-19-13)14(18-4-2)11-6-5-10(16)9-12(11)17/h5-6,9,13-15,18H,3-4,7-8H2,1-2H3. The van der Waals surface area contributed by atoms with E-state index in [9.17, 15) is 4.39 Å². The lowest BCUT2D eigenvalue weighted by atomic mass is 9.99. The number of hydrogen-bond acceptors (Lipinski definition) is 3. The monoisotopic (exact) mass is 333 g/mol. The number of thioether (sulfide) groups is 2. The van der Waals surface area contributed by atoms with Gasteiger partial charge in [-0.05, 0) is 25.1 Å². The Morgan fingerprint density at radius 3 is 2.75 bits per heavy atom. The Labute approximate surface area is 134 Å². The van der Waals surface area contributed by atoms with E-state index in [0.29, 0.717) is 15.5 Å². The lowest BCUT2D eigenvalue weighted by Gasteiger charge is -2.36. The number of halogens is 2. The Morgan fingerprint density at radius 2 is 2.10 bits per heavy atom. The molecule has 1 aromatic rings. The molecule has 1 nitrogen and oxygen atoms in total. The van der Waals surface area contributed by atoms with E-state index >= 15 is 0 Å². The van der Waals surface area contributed by atoms with Gasteiger partial charge in [-0.1, -0.05) is 31.5 Å². The summed E-state index contributed by atoms with van der Waals surface area (Å²) in [7, 11) is 0. The molecule has 20 heavy (non-hydrogen) atoms. The van der Waals surface area contributed by atoms with Crippen molar-refractivity contribution in [1.29, 1.82) is 0 Å². The fourth-order valence-electron chi connectivity index (χ4n) is 2.62. The van der Waals surface area contributed by atoms with E-state index in [4.69, 9.17) is 11.6 Å². The molecule has 1 saturated heterocycles. The van der Waals surface area contributed by atoms with E-state index in [1.165, 1.54) is 11.8 Å². The lowest BCUT2D eigenvalue weighted by Crippen LogP contribution is -2.39. The van der Waals surface area contributed by atoms with Gasteiger partial charge in [-0.25, -0.2) is 4.39 Å². The van der Waals surface area contributed by atoms with E-state index in [1.54, 1.807) is 6.07 Å². The predicted molar refractivity (Wildman–Crippen MR) is 90.6 cm³/mol. The molecule has 1 N–H and O–H groups in total. The fraction of sp³-hybridized carbons (Fsp3) is 0.600. The molecule has 0 bridgehead atoms. The minimum absolute atomic E-state index is 0.0556. The zero-order valence-electron chi connectivity index (χ0n) is 11.9. The fourth-order valence-corrected chi connectivity index (χ4v) is 6.02. The number of benzene rings is 1. The van der Waals surface area contributed by atoms with Crippen LogP contribution in [0.4, 0.5) is 4.39 Å². The van der Waals surface area contributed by atoms with Crippen molar-refractivity contribution in [3.63, 3.8) is 0 Å². The molecule has 0 radical (unpaired) electrons. The number of rotatable bonds is 5. The van der Waals surface area contributed by atoms with Crippen molar-refractivity contribution in [3.8, 4) is 0 Å². The molecule has 5 heteroatoms. The Bertz CT molecular complexity index is 444. The first kappa shape index (κ1) is 16.5. The highest BCUT2D eigenvalue weighted by atomic mass is 35.5. The molecule has 3 unspecified atom stereocenters. The SMILES string of the molecule is CCNC(c1ccc(Cl)cc1F)C1SCCSC1CC. The van der Waals surface area contributed by atoms with E-state index in [1.807, 2.05) is 29.6 Å². The average molecular weight is 334 g/mol. The second-order valence-electron chi connectivity index (χ2n) is 4.85. The van der Waals surface area contributed by atoms with Crippen molar-refractivity contribution in [2.45, 2.75) is 36.8 Å². The van der Waals surface area contributed by atoms with E-state index < -0.39 is 0 Å². The molecule has 3 atom stereocenters. The Balaban J connectivity index is 2.29. The van der Waals surface area contributed by atoms with Crippen LogP contribution in [0.15, 0.2) is 18.2 Å². The third-order valence-electron chi connectivity index (χ3n) is 3.54. The highest BCUT2D eigenvalue weighted by Gasteiger charge is 2.33. The molecule has 0 aliphatic carbocycles. The third kappa shape index (κ3) is 3.85. The van der Waals surface area contributed by atoms with Crippen molar-refractivity contribution in [3.05, 3.63) is 34.6 Å². The maximum Gasteiger partial charge on any atom is 0.129 e. The number of nitrogens with one attached hydrogen (secondary N) is 1. The van der Waals surface area contributed by atoms with Crippen molar-refractivity contribution in [1.82, 2.24) is 5.32 Å². The van der Waals surface area contributed by atoms with Crippen molar-refractivity contribution in [2.24, 2.45) is 0 Å². The van der Waals surface area contributed by atoms with Crippen LogP contribution in [-0.4, -0.2) is 28.6 Å². The Morgan fingerprint density at radius 1 is 1.35 bits per heavy atom. The van der Waals surface area contributed by atoms with Crippen LogP contribution in [-0.2, 0) is 0 Å². The van der Waals surface area contributed by atoms with Crippen LogP contribution in [0.2, 0.25) is 5.02 Å². The molecule has 1 aromatic carbocycles. The van der Waals surface area contributed by atoms with Crippen molar-refractivity contribution in [2.75, 3.05) is 18.1 Å². The quantitative estimate of drug-likeness (QED) is 0.834. The summed E-state index contributed by atoms with van der Waals surface area (Å²) in [6.45, 7) is 5.13. The molecule has 0 spiro atoms. The average Bonchev–Trinajstić information content (AvgIpc) is 2.45.